The van der Waals surface area contributed by atoms with E-state index in [0.29, 0.717) is 0 Å². The van der Waals surface area contributed by atoms with Crippen molar-refractivity contribution in [3.63, 3.8) is 0 Å². The first-order valence-corrected chi connectivity index (χ1v) is 5.55. The highest BCUT2D eigenvalue weighted by atomic mass is 16.3. The number of aliphatic hydroxyl groups is 1. The molecule has 1 heterocycles. The third-order valence-electron chi connectivity index (χ3n) is 2.63. The molecule has 0 aromatic carbocycles. The molecule has 5 heteroatoms. The quantitative estimate of drug-likeness (QED) is 0.751. The molecule has 94 valence electrons. The van der Waals surface area contributed by atoms with Crippen molar-refractivity contribution in [3.8, 4) is 0 Å². The lowest BCUT2D eigenvalue weighted by atomic mass is 10.2. The molecule has 0 saturated carbocycles. The third kappa shape index (κ3) is 3.42. The van der Waals surface area contributed by atoms with E-state index in [2.05, 4.69) is 10.4 Å². The minimum Gasteiger partial charge on any atom is -0.394 e. The van der Waals surface area contributed by atoms with Gasteiger partial charge in [0.15, 0.2) is 0 Å². The lowest BCUT2D eigenvalue weighted by Gasteiger charge is -2.07. The van der Waals surface area contributed by atoms with Crippen molar-refractivity contribution >= 4 is 12.0 Å². The van der Waals surface area contributed by atoms with E-state index in [4.69, 9.17) is 5.11 Å². The standard InChI is InChI=1S/C12H19N3O2/c1-8(7-16)13-12(17)6-5-11-9(2)14-15(4)10(11)3/h5-6,8,16H,7H2,1-4H3,(H,13,17)/t8-/m1/s1. The van der Waals surface area contributed by atoms with E-state index in [9.17, 15) is 4.79 Å². The molecule has 1 aromatic heterocycles. The minimum absolute atomic E-state index is 0.0650. The van der Waals surface area contributed by atoms with Gasteiger partial charge in [-0.05, 0) is 26.8 Å². The Bertz CT molecular complexity index is 435. The summed E-state index contributed by atoms with van der Waals surface area (Å²) in [6.07, 6.45) is 3.21. The second-order valence-electron chi connectivity index (χ2n) is 4.13. The van der Waals surface area contributed by atoms with Gasteiger partial charge in [-0.2, -0.15) is 5.10 Å². The average Bonchev–Trinajstić information content (AvgIpc) is 2.51. The largest absolute Gasteiger partial charge is 0.394 e. The Balaban J connectivity index is 2.74. The van der Waals surface area contributed by atoms with E-state index in [1.165, 1.54) is 6.08 Å². The van der Waals surface area contributed by atoms with Crippen LogP contribution in [0.25, 0.3) is 6.08 Å². The van der Waals surface area contributed by atoms with E-state index in [0.717, 1.165) is 17.0 Å². The van der Waals surface area contributed by atoms with Crippen LogP contribution in [-0.4, -0.2) is 33.4 Å². The van der Waals surface area contributed by atoms with Gasteiger partial charge >= 0.3 is 0 Å². The summed E-state index contributed by atoms with van der Waals surface area (Å²) in [4.78, 5) is 11.5. The first-order valence-electron chi connectivity index (χ1n) is 5.55. The maximum Gasteiger partial charge on any atom is 0.244 e. The molecule has 0 aliphatic carbocycles. The fourth-order valence-corrected chi connectivity index (χ4v) is 1.53. The summed E-state index contributed by atoms with van der Waals surface area (Å²) in [5.74, 6) is -0.214. The summed E-state index contributed by atoms with van der Waals surface area (Å²) in [5.41, 5.74) is 2.87. The number of hydrogen-bond acceptors (Lipinski definition) is 3. The third-order valence-corrected chi connectivity index (χ3v) is 2.63. The Kier molecular flexibility index (Phi) is 4.45. The van der Waals surface area contributed by atoms with Crippen molar-refractivity contribution in [2.45, 2.75) is 26.8 Å². The predicted molar refractivity (Wildman–Crippen MR) is 66.4 cm³/mol. The van der Waals surface area contributed by atoms with Gasteiger partial charge in [-0.3, -0.25) is 9.48 Å². The van der Waals surface area contributed by atoms with Crippen LogP contribution in [0.3, 0.4) is 0 Å². The Hall–Kier alpha value is -1.62. The number of aryl methyl sites for hydroxylation is 2. The van der Waals surface area contributed by atoms with Gasteiger partial charge < -0.3 is 10.4 Å². The summed E-state index contributed by atoms with van der Waals surface area (Å²) in [6.45, 7) is 5.53. The summed E-state index contributed by atoms with van der Waals surface area (Å²) >= 11 is 0. The maximum atomic E-state index is 11.5. The highest BCUT2D eigenvalue weighted by Gasteiger charge is 2.07. The van der Waals surface area contributed by atoms with Gasteiger partial charge in [-0.15, -0.1) is 0 Å². The molecule has 0 saturated heterocycles. The molecule has 0 fully saturated rings. The number of carbonyl (C=O) groups is 1. The number of nitrogens with one attached hydrogen (secondary N) is 1. The smallest absolute Gasteiger partial charge is 0.244 e. The molecule has 0 aliphatic rings. The molecule has 1 rings (SSSR count). The van der Waals surface area contributed by atoms with Gasteiger partial charge in [-0.1, -0.05) is 0 Å². The Labute approximate surface area is 101 Å². The van der Waals surface area contributed by atoms with Gasteiger partial charge in [0.2, 0.25) is 5.91 Å². The molecule has 17 heavy (non-hydrogen) atoms. The zero-order chi connectivity index (χ0) is 13.0. The Morgan fingerprint density at radius 3 is 2.71 bits per heavy atom. The topological polar surface area (TPSA) is 67.2 Å². The van der Waals surface area contributed by atoms with Crippen LogP contribution in [-0.2, 0) is 11.8 Å². The predicted octanol–water partition coefficient (Wildman–Crippen LogP) is 0.547. The molecule has 0 unspecified atom stereocenters. The van der Waals surface area contributed by atoms with Crippen LogP contribution in [0.15, 0.2) is 6.08 Å². The maximum absolute atomic E-state index is 11.5. The normalized spacial score (nSPS) is 13.0. The van der Waals surface area contributed by atoms with Crippen LogP contribution in [0.2, 0.25) is 0 Å². The number of aromatic nitrogens is 2. The summed E-state index contributed by atoms with van der Waals surface area (Å²) in [6, 6.07) is -0.233. The van der Waals surface area contributed by atoms with Crippen LogP contribution in [0.5, 0.6) is 0 Å². The summed E-state index contributed by atoms with van der Waals surface area (Å²) < 4.78 is 1.78. The monoisotopic (exact) mass is 237 g/mol. The van der Waals surface area contributed by atoms with E-state index in [-0.39, 0.29) is 18.6 Å². The fraction of sp³-hybridized carbons (Fsp3) is 0.500. The van der Waals surface area contributed by atoms with Crippen LogP contribution in [0.1, 0.15) is 23.9 Å². The van der Waals surface area contributed by atoms with Gasteiger partial charge in [0.25, 0.3) is 0 Å². The van der Waals surface area contributed by atoms with Crippen molar-refractivity contribution in [2.24, 2.45) is 7.05 Å². The van der Waals surface area contributed by atoms with E-state index >= 15 is 0 Å². The molecule has 0 radical (unpaired) electrons. The van der Waals surface area contributed by atoms with Crippen LogP contribution in [0, 0.1) is 13.8 Å². The lowest BCUT2D eigenvalue weighted by Crippen LogP contribution is -2.33. The molecule has 5 nitrogen and oxygen atoms in total. The van der Waals surface area contributed by atoms with Gasteiger partial charge in [0.1, 0.15) is 0 Å². The molecular formula is C12H19N3O2. The number of rotatable bonds is 4. The second-order valence-corrected chi connectivity index (χ2v) is 4.13. The van der Waals surface area contributed by atoms with Gasteiger partial charge in [-0.25, -0.2) is 0 Å². The molecule has 1 aromatic rings. The number of aliphatic hydroxyl groups excluding tert-OH is 1. The van der Waals surface area contributed by atoms with Crippen molar-refractivity contribution in [2.75, 3.05) is 6.61 Å². The zero-order valence-electron chi connectivity index (χ0n) is 10.7. The van der Waals surface area contributed by atoms with Gasteiger partial charge in [0, 0.05) is 30.4 Å². The van der Waals surface area contributed by atoms with Gasteiger partial charge in [0.05, 0.1) is 12.3 Å². The summed E-state index contributed by atoms with van der Waals surface area (Å²) in [7, 11) is 1.87. The SMILES string of the molecule is Cc1nn(C)c(C)c1C=CC(=O)N[C@H](C)CO. The zero-order valence-corrected chi connectivity index (χ0v) is 10.7. The number of nitrogens with zero attached hydrogens (tertiary/aromatic N) is 2. The van der Waals surface area contributed by atoms with E-state index < -0.39 is 0 Å². The first-order chi connectivity index (χ1) is 7.95. The van der Waals surface area contributed by atoms with Crippen LogP contribution in [0.4, 0.5) is 0 Å². The average molecular weight is 237 g/mol. The first kappa shape index (κ1) is 13.4. The highest BCUT2D eigenvalue weighted by Crippen LogP contribution is 2.13. The second kappa shape index (κ2) is 5.63. The molecule has 1 amide bonds. The fourth-order valence-electron chi connectivity index (χ4n) is 1.53. The van der Waals surface area contributed by atoms with Crippen molar-refractivity contribution in [1.82, 2.24) is 15.1 Å². The highest BCUT2D eigenvalue weighted by molar-refractivity contribution is 5.92. The van der Waals surface area contributed by atoms with Crippen molar-refractivity contribution in [3.05, 3.63) is 23.0 Å². The van der Waals surface area contributed by atoms with Crippen LogP contribution >= 0.6 is 0 Å². The number of hydrogen-bond donors (Lipinski definition) is 2. The number of amides is 1. The molecule has 2 N–H and O–H groups in total. The molecule has 0 spiro atoms. The van der Waals surface area contributed by atoms with Crippen molar-refractivity contribution in [1.29, 1.82) is 0 Å². The minimum atomic E-state index is -0.233. The number of carbonyl (C=O) groups excluding carboxylic acids is 1. The Morgan fingerprint density at radius 1 is 1.59 bits per heavy atom. The van der Waals surface area contributed by atoms with Crippen LogP contribution < -0.4 is 5.32 Å². The summed E-state index contributed by atoms with van der Waals surface area (Å²) in [5, 5.41) is 15.7. The lowest BCUT2D eigenvalue weighted by molar-refractivity contribution is -0.117. The molecule has 0 bridgehead atoms. The Morgan fingerprint density at radius 2 is 2.24 bits per heavy atom. The molecule has 0 aliphatic heterocycles. The van der Waals surface area contributed by atoms with Crippen molar-refractivity contribution < 1.29 is 9.90 Å². The van der Waals surface area contributed by atoms with E-state index in [1.807, 2.05) is 20.9 Å². The van der Waals surface area contributed by atoms with E-state index in [1.54, 1.807) is 17.7 Å². The molecular weight excluding hydrogens is 218 g/mol. The molecule has 1 atom stereocenters.